The van der Waals surface area contributed by atoms with E-state index >= 15 is 0 Å². The molecule has 0 spiro atoms. The highest BCUT2D eigenvalue weighted by atomic mass is 16.5. The molecule has 0 saturated carbocycles. The summed E-state index contributed by atoms with van der Waals surface area (Å²) in [5.41, 5.74) is 1.32. The molecule has 0 aliphatic rings. The van der Waals surface area contributed by atoms with E-state index in [2.05, 4.69) is 43.9 Å². The predicted octanol–water partition coefficient (Wildman–Crippen LogP) is 3.74. The lowest BCUT2D eigenvalue weighted by atomic mass is 9.98. The predicted molar refractivity (Wildman–Crippen MR) is 78.3 cm³/mol. The van der Waals surface area contributed by atoms with Gasteiger partial charge in [0.15, 0.2) is 0 Å². The summed E-state index contributed by atoms with van der Waals surface area (Å²) in [5, 5.41) is 3.27. The SMILES string of the molecule is C=CCNCCCOc1ccccc1[C@H](C)CC. The van der Waals surface area contributed by atoms with Crippen molar-refractivity contribution in [1.82, 2.24) is 5.32 Å². The first kappa shape index (κ1) is 14.8. The van der Waals surface area contributed by atoms with Crippen molar-refractivity contribution in [1.29, 1.82) is 0 Å². The molecule has 1 N–H and O–H groups in total. The molecular formula is C16H25NO. The zero-order chi connectivity index (χ0) is 13.2. The fourth-order valence-electron chi connectivity index (χ4n) is 1.82. The van der Waals surface area contributed by atoms with E-state index in [1.807, 2.05) is 12.1 Å². The third kappa shape index (κ3) is 4.92. The molecule has 0 radical (unpaired) electrons. The average molecular weight is 247 g/mol. The Hall–Kier alpha value is -1.28. The van der Waals surface area contributed by atoms with Gasteiger partial charge in [0, 0.05) is 6.54 Å². The number of ether oxygens (including phenoxy) is 1. The van der Waals surface area contributed by atoms with Crippen LogP contribution in [0, 0.1) is 0 Å². The summed E-state index contributed by atoms with van der Waals surface area (Å²) in [5.74, 6) is 1.59. The van der Waals surface area contributed by atoms with Gasteiger partial charge in [0.1, 0.15) is 5.75 Å². The summed E-state index contributed by atoms with van der Waals surface area (Å²) in [6, 6.07) is 8.36. The van der Waals surface area contributed by atoms with Gasteiger partial charge >= 0.3 is 0 Å². The Balaban J connectivity index is 2.39. The lowest BCUT2D eigenvalue weighted by molar-refractivity contribution is 0.304. The Morgan fingerprint density at radius 1 is 1.39 bits per heavy atom. The van der Waals surface area contributed by atoms with Crippen molar-refractivity contribution in [2.45, 2.75) is 32.6 Å². The first-order valence-electron chi connectivity index (χ1n) is 6.83. The van der Waals surface area contributed by atoms with Gasteiger partial charge in [-0.1, -0.05) is 38.1 Å². The zero-order valence-corrected chi connectivity index (χ0v) is 11.6. The Morgan fingerprint density at radius 2 is 2.17 bits per heavy atom. The smallest absolute Gasteiger partial charge is 0.122 e. The van der Waals surface area contributed by atoms with E-state index < -0.39 is 0 Å². The van der Waals surface area contributed by atoms with Gasteiger partial charge in [-0.05, 0) is 36.9 Å². The highest BCUT2D eigenvalue weighted by molar-refractivity contribution is 5.35. The highest BCUT2D eigenvalue weighted by Gasteiger charge is 2.08. The summed E-state index contributed by atoms with van der Waals surface area (Å²) >= 11 is 0. The molecule has 1 aromatic rings. The Bertz CT molecular complexity index is 349. The lowest BCUT2D eigenvalue weighted by Crippen LogP contribution is -2.17. The van der Waals surface area contributed by atoms with E-state index in [4.69, 9.17) is 4.74 Å². The number of benzene rings is 1. The van der Waals surface area contributed by atoms with Crippen LogP contribution < -0.4 is 10.1 Å². The molecule has 1 rings (SSSR count). The first-order valence-corrected chi connectivity index (χ1v) is 6.83. The van der Waals surface area contributed by atoms with Crippen LogP contribution in [0.3, 0.4) is 0 Å². The fourth-order valence-corrected chi connectivity index (χ4v) is 1.82. The van der Waals surface area contributed by atoms with Gasteiger partial charge in [0.25, 0.3) is 0 Å². The van der Waals surface area contributed by atoms with Crippen molar-refractivity contribution in [3.05, 3.63) is 42.5 Å². The number of nitrogens with one attached hydrogen (secondary N) is 1. The minimum Gasteiger partial charge on any atom is -0.493 e. The monoisotopic (exact) mass is 247 g/mol. The number of rotatable bonds is 9. The van der Waals surface area contributed by atoms with E-state index in [0.717, 1.165) is 38.3 Å². The number of hydrogen-bond donors (Lipinski definition) is 1. The topological polar surface area (TPSA) is 21.3 Å². The Kier molecular flexibility index (Phi) is 7.19. The number of hydrogen-bond acceptors (Lipinski definition) is 2. The van der Waals surface area contributed by atoms with Crippen molar-refractivity contribution in [2.24, 2.45) is 0 Å². The normalized spacial score (nSPS) is 12.1. The number of para-hydroxylation sites is 1. The van der Waals surface area contributed by atoms with Crippen molar-refractivity contribution in [3.8, 4) is 5.75 Å². The molecule has 0 heterocycles. The van der Waals surface area contributed by atoms with Gasteiger partial charge in [-0.2, -0.15) is 0 Å². The molecule has 2 nitrogen and oxygen atoms in total. The zero-order valence-electron chi connectivity index (χ0n) is 11.6. The van der Waals surface area contributed by atoms with Crippen molar-refractivity contribution in [3.63, 3.8) is 0 Å². The summed E-state index contributed by atoms with van der Waals surface area (Å²) < 4.78 is 5.87. The standard InChI is InChI=1S/C16H25NO/c1-4-11-17-12-8-13-18-16-10-7-6-9-15(16)14(3)5-2/h4,6-7,9-10,14,17H,1,5,8,11-13H2,2-3H3/t14-/m1/s1. The van der Waals surface area contributed by atoms with Crippen LogP contribution in [0.1, 0.15) is 38.2 Å². The Morgan fingerprint density at radius 3 is 2.89 bits per heavy atom. The second-order valence-electron chi connectivity index (χ2n) is 4.54. The molecule has 0 fully saturated rings. The van der Waals surface area contributed by atoms with Crippen LogP contribution in [-0.4, -0.2) is 19.7 Å². The van der Waals surface area contributed by atoms with E-state index in [1.165, 1.54) is 5.56 Å². The van der Waals surface area contributed by atoms with Crippen LogP contribution >= 0.6 is 0 Å². The lowest BCUT2D eigenvalue weighted by Gasteiger charge is -2.15. The highest BCUT2D eigenvalue weighted by Crippen LogP contribution is 2.28. The quantitative estimate of drug-likeness (QED) is 0.530. The molecule has 18 heavy (non-hydrogen) atoms. The maximum atomic E-state index is 5.87. The molecule has 0 bridgehead atoms. The third-order valence-electron chi connectivity index (χ3n) is 3.11. The second-order valence-corrected chi connectivity index (χ2v) is 4.54. The van der Waals surface area contributed by atoms with Gasteiger partial charge in [0.2, 0.25) is 0 Å². The molecule has 1 atom stereocenters. The maximum absolute atomic E-state index is 5.87. The summed E-state index contributed by atoms with van der Waals surface area (Å²) in [4.78, 5) is 0. The maximum Gasteiger partial charge on any atom is 0.122 e. The van der Waals surface area contributed by atoms with Gasteiger partial charge in [-0.25, -0.2) is 0 Å². The van der Waals surface area contributed by atoms with Crippen LogP contribution in [0.15, 0.2) is 36.9 Å². The van der Waals surface area contributed by atoms with Crippen LogP contribution in [0.4, 0.5) is 0 Å². The van der Waals surface area contributed by atoms with E-state index in [1.54, 1.807) is 0 Å². The molecule has 1 aromatic carbocycles. The molecule has 0 aliphatic heterocycles. The first-order chi connectivity index (χ1) is 8.79. The second kappa shape index (κ2) is 8.76. The summed E-state index contributed by atoms with van der Waals surface area (Å²) in [7, 11) is 0. The average Bonchev–Trinajstić information content (AvgIpc) is 2.42. The van der Waals surface area contributed by atoms with E-state index in [9.17, 15) is 0 Å². The van der Waals surface area contributed by atoms with Crippen LogP contribution in [0.25, 0.3) is 0 Å². The Labute approximate surface area is 111 Å². The molecule has 100 valence electrons. The van der Waals surface area contributed by atoms with Gasteiger partial charge in [-0.3, -0.25) is 0 Å². The van der Waals surface area contributed by atoms with Crippen molar-refractivity contribution in [2.75, 3.05) is 19.7 Å². The van der Waals surface area contributed by atoms with E-state index in [-0.39, 0.29) is 0 Å². The molecule has 0 unspecified atom stereocenters. The third-order valence-corrected chi connectivity index (χ3v) is 3.11. The molecule has 2 heteroatoms. The molecule has 0 aliphatic carbocycles. The molecule has 0 saturated heterocycles. The van der Waals surface area contributed by atoms with Crippen LogP contribution in [-0.2, 0) is 0 Å². The molecular weight excluding hydrogens is 222 g/mol. The van der Waals surface area contributed by atoms with Crippen LogP contribution in [0.2, 0.25) is 0 Å². The van der Waals surface area contributed by atoms with Crippen molar-refractivity contribution >= 4 is 0 Å². The molecule has 0 aromatic heterocycles. The summed E-state index contributed by atoms with van der Waals surface area (Å²) in [6.45, 7) is 10.7. The van der Waals surface area contributed by atoms with Gasteiger partial charge in [-0.15, -0.1) is 6.58 Å². The van der Waals surface area contributed by atoms with Gasteiger partial charge in [0.05, 0.1) is 6.61 Å². The summed E-state index contributed by atoms with van der Waals surface area (Å²) in [6.07, 6.45) is 4.03. The van der Waals surface area contributed by atoms with Crippen LogP contribution in [0.5, 0.6) is 5.75 Å². The van der Waals surface area contributed by atoms with Gasteiger partial charge < -0.3 is 10.1 Å². The van der Waals surface area contributed by atoms with E-state index in [0.29, 0.717) is 5.92 Å². The largest absolute Gasteiger partial charge is 0.493 e. The minimum absolute atomic E-state index is 0.556. The van der Waals surface area contributed by atoms with Crippen molar-refractivity contribution < 1.29 is 4.74 Å². The fraction of sp³-hybridized carbons (Fsp3) is 0.500. The molecule has 0 amide bonds. The minimum atomic E-state index is 0.556.